The molecule has 3 heterocycles. The Morgan fingerprint density at radius 1 is 1.22 bits per heavy atom. The molecule has 0 amide bonds. The maximum atomic E-state index is 12.0. The van der Waals surface area contributed by atoms with Gasteiger partial charge in [-0.15, -0.1) is 0 Å². The van der Waals surface area contributed by atoms with E-state index in [-0.39, 0.29) is 11.5 Å². The van der Waals surface area contributed by atoms with Gasteiger partial charge in [0.25, 0.3) is 5.56 Å². The summed E-state index contributed by atoms with van der Waals surface area (Å²) in [7, 11) is 1.72. The number of aryl methyl sites for hydroxylation is 1. The zero-order valence-corrected chi connectivity index (χ0v) is 12.6. The number of benzene rings is 1. The number of nitrogens with zero attached hydrogens (tertiary/aromatic N) is 5. The van der Waals surface area contributed by atoms with Crippen molar-refractivity contribution in [3.63, 3.8) is 0 Å². The smallest absolute Gasteiger partial charge is 0.293 e. The molecular weight excluding hydrogens is 294 g/mol. The molecule has 1 aliphatic heterocycles. The molecule has 0 spiro atoms. The van der Waals surface area contributed by atoms with Crippen LogP contribution >= 0.6 is 0 Å². The predicted octanol–water partition coefficient (Wildman–Crippen LogP) is 1.43. The van der Waals surface area contributed by atoms with Crippen LogP contribution in [0, 0.1) is 0 Å². The van der Waals surface area contributed by atoms with Crippen molar-refractivity contribution in [3.8, 4) is 11.4 Å². The van der Waals surface area contributed by atoms with Crippen LogP contribution in [0.15, 0.2) is 52.0 Å². The van der Waals surface area contributed by atoms with Gasteiger partial charge in [0.1, 0.15) is 0 Å². The maximum absolute atomic E-state index is 12.0. The lowest BCUT2D eigenvalue weighted by molar-refractivity contribution is 0.328. The lowest BCUT2D eigenvalue weighted by Gasteiger charge is -2.37. The van der Waals surface area contributed by atoms with Gasteiger partial charge in [-0.2, -0.15) is 4.98 Å². The van der Waals surface area contributed by atoms with E-state index < -0.39 is 0 Å². The highest BCUT2D eigenvalue weighted by atomic mass is 16.5. The molecule has 0 atom stereocenters. The van der Waals surface area contributed by atoms with E-state index in [2.05, 4.69) is 15.1 Å². The fourth-order valence-electron chi connectivity index (χ4n) is 2.61. The third-order valence-corrected chi connectivity index (χ3v) is 4.00. The molecule has 1 aromatic carbocycles. The average molecular weight is 309 g/mol. The summed E-state index contributed by atoms with van der Waals surface area (Å²) in [6.07, 6.45) is 3.28. The van der Waals surface area contributed by atoms with Crippen LogP contribution < -0.4 is 10.5 Å². The number of hydrogen-bond donors (Lipinski definition) is 0. The molecule has 116 valence electrons. The van der Waals surface area contributed by atoms with E-state index in [0.717, 1.165) is 5.56 Å². The molecular formula is C16H15N5O2. The first-order chi connectivity index (χ1) is 11.2. The normalized spacial score (nSPS) is 14.7. The van der Waals surface area contributed by atoms with Crippen LogP contribution in [-0.4, -0.2) is 32.8 Å². The molecule has 0 aliphatic carbocycles. The van der Waals surface area contributed by atoms with Crippen LogP contribution in [0.3, 0.4) is 0 Å². The molecule has 1 fully saturated rings. The monoisotopic (exact) mass is 309 g/mol. The van der Waals surface area contributed by atoms with Crippen molar-refractivity contribution < 1.29 is 4.52 Å². The van der Waals surface area contributed by atoms with Gasteiger partial charge in [-0.25, -0.2) is 4.98 Å². The molecule has 4 rings (SSSR count). The molecule has 0 bridgehead atoms. The summed E-state index contributed by atoms with van der Waals surface area (Å²) in [4.78, 5) is 22.6. The van der Waals surface area contributed by atoms with Crippen LogP contribution in [0.5, 0.6) is 0 Å². The zero-order valence-electron chi connectivity index (χ0n) is 12.6. The summed E-state index contributed by atoms with van der Waals surface area (Å²) in [5, 5.41) is 4.03. The van der Waals surface area contributed by atoms with Gasteiger partial charge in [0.15, 0.2) is 5.82 Å². The molecule has 7 heteroatoms. The minimum absolute atomic E-state index is 0.0959. The average Bonchev–Trinajstić information content (AvgIpc) is 3.00. The standard InChI is InChI=1S/C16H15N5O2/c1-20-8-7-17-14(16(20)22)21-9-12(10-21)15-18-13(19-23-15)11-5-3-2-4-6-11/h2-8,12H,9-10H2,1H3. The van der Waals surface area contributed by atoms with Crippen LogP contribution in [0.4, 0.5) is 5.82 Å². The first-order valence-corrected chi connectivity index (χ1v) is 7.38. The van der Waals surface area contributed by atoms with E-state index in [9.17, 15) is 4.79 Å². The molecule has 1 aliphatic rings. The van der Waals surface area contributed by atoms with Gasteiger partial charge in [0.05, 0.1) is 5.92 Å². The van der Waals surface area contributed by atoms with E-state index in [1.807, 2.05) is 35.2 Å². The maximum Gasteiger partial charge on any atom is 0.293 e. The summed E-state index contributed by atoms with van der Waals surface area (Å²) < 4.78 is 6.89. The quantitative estimate of drug-likeness (QED) is 0.728. The van der Waals surface area contributed by atoms with Gasteiger partial charge >= 0.3 is 0 Å². The van der Waals surface area contributed by atoms with Gasteiger partial charge < -0.3 is 14.0 Å². The number of hydrogen-bond acceptors (Lipinski definition) is 6. The van der Waals surface area contributed by atoms with Crippen molar-refractivity contribution in [1.29, 1.82) is 0 Å². The van der Waals surface area contributed by atoms with Crippen LogP contribution in [0.1, 0.15) is 11.8 Å². The van der Waals surface area contributed by atoms with E-state index in [4.69, 9.17) is 4.52 Å². The number of rotatable bonds is 3. The number of aromatic nitrogens is 4. The van der Waals surface area contributed by atoms with Crippen molar-refractivity contribution >= 4 is 5.82 Å². The highest BCUT2D eigenvalue weighted by Gasteiger charge is 2.34. The molecule has 0 N–H and O–H groups in total. The lowest BCUT2D eigenvalue weighted by Crippen LogP contribution is -2.48. The Morgan fingerprint density at radius 3 is 2.78 bits per heavy atom. The third kappa shape index (κ3) is 2.40. The van der Waals surface area contributed by atoms with Gasteiger partial charge in [0.2, 0.25) is 11.7 Å². The van der Waals surface area contributed by atoms with E-state index in [0.29, 0.717) is 30.6 Å². The number of anilines is 1. The second-order valence-electron chi connectivity index (χ2n) is 5.59. The van der Waals surface area contributed by atoms with Crippen LogP contribution in [-0.2, 0) is 7.05 Å². The predicted molar refractivity (Wildman–Crippen MR) is 84.2 cm³/mol. The van der Waals surface area contributed by atoms with Crippen molar-refractivity contribution in [2.45, 2.75) is 5.92 Å². The summed E-state index contributed by atoms with van der Waals surface area (Å²) >= 11 is 0. The SMILES string of the molecule is Cn1ccnc(N2CC(c3nc(-c4ccccc4)no3)C2)c1=O. The third-order valence-electron chi connectivity index (χ3n) is 4.00. The molecule has 2 aromatic heterocycles. The Hall–Kier alpha value is -2.96. The summed E-state index contributed by atoms with van der Waals surface area (Å²) in [6, 6.07) is 9.71. The minimum Gasteiger partial charge on any atom is -0.350 e. The van der Waals surface area contributed by atoms with Gasteiger partial charge in [-0.3, -0.25) is 4.79 Å². The van der Waals surface area contributed by atoms with Gasteiger partial charge in [0, 0.05) is 38.1 Å². The highest BCUT2D eigenvalue weighted by molar-refractivity contribution is 5.53. The Kier molecular flexibility index (Phi) is 3.18. The minimum atomic E-state index is -0.0959. The largest absolute Gasteiger partial charge is 0.350 e. The molecule has 0 radical (unpaired) electrons. The fraction of sp³-hybridized carbons (Fsp3) is 0.250. The van der Waals surface area contributed by atoms with Crippen molar-refractivity contribution in [1.82, 2.24) is 19.7 Å². The molecule has 3 aromatic rings. The second kappa shape index (κ2) is 5.35. The van der Waals surface area contributed by atoms with Gasteiger partial charge in [-0.05, 0) is 0 Å². The summed E-state index contributed by atoms with van der Waals surface area (Å²) in [5.74, 6) is 1.79. The summed E-state index contributed by atoms with van der Waals surface area (Å²) in [5.41, 5.74) is 0.832. The van der Waals surface area contributed by atoms with E-state index in [1.54, 1.807) is 19.4 Å². The molecule has 0 unspecified atom stereocenters. The first-order valence-electron chi connectivity index (χ1n) is 7.38. The summed E-state index contributed by atoms with van der Waals surface area (Å²) in [6.45, 7) is 1.31. The van der Waals surface area contributed by atoms with E-state index in [1.165, 1.54) is 4.57 Å². The molecule has 0 saturated carbocycles. The highest BCUT2D eigenvalue weighted by Crippen LogP contribution is 2.29. The van der Waals surface area contributed by atoms with Crippen LogP contribution in [0.2, 0.25) is 0 Å². The Balaban J connectivity index is 1.49. The Bertz CT molecular complexity index is 881. The lowest BCUT2D eigenvalue weighted by atomic mass is 10.0. The zero-order chi connectivity index (χ0) is 15.8. The first kappa shape index (κ1) is 13.7. The second-order valence-corrected chi connectivity index (χ2v) is 5.59. The molecule has 23 heavy (non-hydrogen) atoms. The Morgan fingerprint density at radius 2 is 2.00 bits per heavy atom. The van der Waals surface area contributed by atoms with Crippen molar-refractivity contribution in [3.05, 3.63) is 59.0 Å². The molecule has 7 nitrogen and oxygen atoms in total. The van der Waals surface area contributed by atoms with E-state index >= 15 is 0 Å². The van der Waals surface area contributed by atoms with Gasteiger partial charge in [-0.1, -0.05) is 35.5 Å². The fourth-order valence-corrected chi connectivity index (χ4v) is 2.61. The van der Waals surface area contributed by atoms with Crippen molar-refractivity contribution in [2.75, 3.05) is 18.0 Å². The topological polar surface area (TPSA) is 77.1 Å². The Labute approximate surface area is 132 Å². The molecule has 1 saturated heterocycles. The van der Waals surface area contributed by atoms with Crippen molar-refractivity contribution in [2.24, 2.45) is 7.05 Å². The van der Waals surface area contributed by atoms with Crippen LogP contribution in [0.25, 0.3) is 11.4 Å².